The highest BCUT2D eigenvalue weighted by atomic mass is 15.2. The van der Waals surface area contributed by atoms with Crippen LogP contribution >= 0.6 is 0 Å². The highest BCUT2D eigenvalue weighted by Gasteiger charge is 2.26. The molecule has 0 N–H and O–H groups in total. The Hall–Kier alpha value is -7.94. The topological polar surface area (TPSA) is 6.48 Å². The molecule has 0 saturated carbocycles. The molecule has 1 aliphatic rings. The predicted molar refractivity (Wildman–Crippen MR) is 254 cm³/mol. The maximum atomic E-state index is 2.41. The molecule has 11 rings (SSSR count). The number of rotatable bonds is 7. The van der Waals surface area contributed by atoms with Crippen LogP contribution in [0.4, 0.5) is 34.1 Å². The number of para-hydroxylation sites is 2. The Kier molecular flexibility index (Phi) is 8.87. The Bertz CT molecular complexity index is 3120. The van der Waals surface area contributed by atoms with Gasteiger partial charge in [0.15, 0.2) is 0 Å². The van der Waals surface area contributed by atoms with Gasteiger partial charge < -0.3 is 9.80 Å². The molecule has 1 aliphatic heterocycles. The van der Waals surface area contributed by atoms with Crippen molar-refractivity contribution in [3.63, 3.8) is 0 Å². The second kappa shape index (κ2) is 15.1. The Morgan fingerprint density at radius 1 is 0.267 bits per heavy atom. The number of anilines is 6. The van der Waals surface area contributed by atoms with Gasteiger partial charge in [-0.15, -0.1) is 0 Å². The van der Waals surface area contributed by atoms with Gasteiger partial charge in [0, 0.05) is 33.6 Å². The maximum absolute atomic E-state index is 2.41. The standard InChI is InChI=1S/C58H40N2/c1-4-16-41(17-5-1)42-28-33-47(34-29-42)59(57-39-37-49(44-18-6-2-7-19-44)50-22-12-13-25-53(50)57)48-35-30-43(31-36-48)45-32-38-58-55(40-45)52-24-11-10-23-51(52)54-26-14-15-27-56(54)60(58)46-20-8-3-9-21-46/h1-40H. The molecule has 282 valence electrons. The number of benzene rings is 10. The molecule has 10 aromatic rings. The van der Waals surface area contributed by atoms with Crippen LogP contribution in [0.15, 0.2) is 243 Å². The minimum Gasteiger partial charge on any atom is -0.310 e. The lowest BCUT2D eigenvalue weighted by Gasteiger charge is -2.28. The van der Waals surface area contributed by atoms with Crippen molar-refractivity contribution in [2.24, 2.45) is 0 Å². The molecule has 0 aliphatic carbocycles. The molecule has 0 spiro atoms. The van der Waals surface area contributed by atoms with Crippen LogP contribution in [0.3, 0.4) is 0 Å². The van der Waals surface area contributed by atoms with Gasteiger partial charge in [-0.05, 0) is 111 Å². The van der Waals surface area contributed by atoms with Crippen molar-refractivity contribution in [3.8, 4) is 55.6 Å². The third-order valence-electron chi connectivity index (χ3n) is 11.8. The van der Waals surface area contributed by atoms with Gasteiger partial charge in [-0.1, -0.05) is 182 Å². The predicted octanol–water partition coefficient (Wildman–Crippen LogP) is 16.4. The highest BCUT2D eigenvalue weighted by molar-refractivity contribution is 6.07. The molecule has 0 fully saturated rings. The molecule has 0 radical (unpaired) electrons. The van der Waals surface area contributed by atoms with E-state index in [1.54, 1.807) is 0 Å². The van der Waals surface area contributed by atoms with Gasteiger partial charge in [0.05, 0.1) is 17.1 Å². The quantitative estimate of drug-likeness (QED) is 0.159. The number of hydrogen-bond acceptors (Lipinski definition) is 2. The zero-order valence-corrected chi connectivity index (χ0v) is 33.0. The Labute approximate surface area is 351 Å². The molecule has 1 heterocycles. The van der Waals surface area contributed by atoms with Gasteiger partial charge in [-0.2, -0.15) is 0 Å². The van der Waals surface area contributed by atoms with Crippen molar-refractivity contribution in [2.75, 3.05) is 9.80 Å². The summed E-state index contributed by atoms with van der Waals surface area (Å²) >= 11 is 0. The fourth-order valence-electron chi connectivity index (χ4n) is 8.97. The molecular formula is C58H40N2. The molecule has 0 aromatic heterocycles. The van der Waals surface area contributed by atoms with E-state index in [1.807, 2.05) is 0 Å². The minimum atomic E-state index is 1.09. The molecule has 0 unspecified atom stereocenters. The third-order valence-corrected chi connectivity index (χ3v) is 11.8. The molecule has 0 amide bonds. The average Bonchev–Trinajstić information content (AvgIpc) is 3.45. The van der Waals surface area contributed by atoms with Crippen molar-refractivity contribution in [1.82, 2.24) is 0 Å². The van der Waals surface area contributed by atoms with Gasteiger partial charge >= 0.3 is 0 Å². The monoisotopic (exact) mass is 764 g/mol. The molecule has 0 bridgehead atoms. The summed E-state index contributed by atoms with van der Waals surface area (Å²) in [5, 5.41) is 2.42. The molecule has 0 atom stereocenters. The van der Waals surface area contributed by atoms with Crippen molar-refractivity contribution >= 4 is 44.9 Å². The Morgan fingerprint density at radius 3 is 1.40 bits per heavy atom. The lowest BCUT2D eigenvalue weighted by atomic mass is 9.92. The van der Waals surface area contributed by atoms with Crippen LogP contribution in [0.5, 0.6) is 0 Å². The summed E-state index contributed by atoms with van der Waals surface area (Å²) in [5.41, 5.74) is 18.9. The van der Waals surface area contributed by atoms with E-state index >= 15 is 0 Å². The summed E-state index contributed by atoms with van der Waals surface area (Å²) in [7, 11) is 0. The SMILES string of the molecule is c1ccc(-c2ccc(N(c3ccc(-c4ccc5c(c4)-c4ccccc4-c4ccccc4N5c4ccccc4)cc3)c3ccc(-c4ccccc4)c4ccccc34)cc2)cc1. The number of nitrogens with zero attached hydrogens (tertiary/aromatic N) is 2. The molecular weight excluding hydrogens is 725 g/mol. The van der Waals surface area contributed by atoms with Crippen LogP contribution in [0, 0.1) is 0 Å². The second-order valence-electron chi connectivity index (χ2n) is 15.3. The normalized spacial score (nSPS) is 11.6. The van der Waals surface area contributed by atoms with Crippen molar-refractivity contribution in [1.29, 1.82) is 0 Å². The van der Waals surface area contributed by atoms with E-state index in [9.17, 15) is 0 Å². The first kappa shape index (κ1) is 35.2. The van der Waals surface area contributed by atoms with E-state index in [2.05, 4.69) is 252 Å². The number of hydrogen-bond donors (Lipinski definition) is 0. The zero-order chi connectivity index (χ0) is 39.8. The zero-order valence-electron chi connectivity index (χ0n) is 33.0. The fraction of sp³-hybridized carbons (Fsp3) is 0. The smallest absolute Gasteiger partial charge is 0.0540 e. The molecule has 60 heavy (non-hydrogen) atoms. The summed E-state index contributed by atoms with van der Waals surface area (Å²) in [4.78, 5) is 4.81. The molecule has 2 nitrogen and oxygen atoms in total. The van der Waals surface area contributed by atoms with Crippen molar-refractivity contribution in [3.05, 3.63) is 243 Å². The van der Waals surface area contributed by atoms with Crippen LogP contribution in [0.25, 0.3) is 66.4 Å². The van der Waals surface area contributed by atoms with Crippen LogP contribution in [0.2, 0.25) is 0 Å². The Balaban J connectivity index is 1.04. The number of fused-ring (bicyclic) bond motifs is 6. The molecule has 10 aromatic carbocycles. The van der Waals surface area contributed by atoms with E-state index in [1.165, 1.54) is 66.5 Å². The van der Waals surface area contributed by atoms with Crippen molar-refractivity contribution < 1.29 is 0 Å². The lowest BCUT2D eigenvalue weighted by Crippen LogP contribution is -2.11. The van der Waals surface area contributed by atoms with Gasteiger partial charge in [-0.3, -0.25) is 0 Å². The first-order valence-electron chi connectivity index (χ1n) is 20.6. The van der Waals surface area contributed by atoms with Gasteiger partial charge in [0.25, 0.3) is 0 Å². The van der Waals surface area contributed by atoms with Crippen LogP contribution in [-0.2, 0) is 0 Å². The summed E-state index contributed by atoms with van der Waals surface area (Å²) in [6.45, 7) is 0. The third kappa shape index (κ3) is 6.23. The van der Waals surface area contributed by atoms with E-state index in [-0.39, 0.29) is 0 Å². The summed E-state index contributed by atoms with van der Waals surface area (Å²) in [6, 6.07) is 87.9. The first-order valence-corrected chi connectivity index (χ1v) is 20.6. The van der Waals surface area contributed by atoms with Crippen molar-refractivity contribution in [2.45, 2.75) is 0 Å². The van der Waals surface area contributed by atoms with Gasteiger partial charge in [-0.25, -0.2) is 0 Å². The second-order valence-corrected chi connectivity index (χ2v) is 15.3. The lowest BCUT2D eigenvalue weighted by molar-refractivity contribution is 1.29. The van der Waals surface area contributed by atoms with Gasteiger partial charge in [0.2, 0.25) is 0 Å². The minimum absolute atomic E-state index is 1.09. The maximum Gasteiger partial charge on any atom is 0.0540 e. The van der Waals surface area contributed by atoms with Crippen LogP contribution in [-0.4, -0.2) is 0 Å². The molecule has 2 heteroatoms. The first-order chi connectivity index (χ1) is 29.8. The van der Waals surface area contributed by atoms with Gasteiger partial charge in [0.1, 0.15) is 0 Å². The fourth-order valence-corrected chi connectivity index (χ4v) is 8.97. The summed E-state index contributed by atoms with van der Waals surface area (Å²) in [5.74, 6) is 0. The summed E-state index contributed by atoms with van der Waals surface area (Å²) < 4.78 is 0. The van der Waals surface area contributed by atoms with Crippen LogP contribution in [0.1, 0.15) is 0 Å². The largest absolute Gasteiger partial charge is 0.310 e. The van der Waals surface area contributed by atoms with E-state index in [4.69, 9.17) is 0 Å². The highest BCUT2D eigenvalue weighted by Crippen LogP contribution is 2.51. The Morgan fingerprint density at radius 2 is 0.733 bits per heavy atom. The van der Waals surface area contributed by atoms with E-state index in [0.717, 1.165) is 34.0 Å². The average molecular weight is 765 g/mol. The summed E-state index contributed by atoms with van der Waals surface area (Å²) in [6.07, 6.45) is 0. The molecule has 0 saturated heterocycles. The van der Waals surface area contributed by atoms with Crippen LogP contribution < -0.4 is 9.80 Å². The van der Waals surface area contributed by atoms with E-state index in [0.29, 0.717) is 0 Å². The van der Waals surface area contributed by atoms with E-state index < -0.39 is 0 Å².